The Kier molecular flexibility index (Phi) is 5.19. The molecule has 1 fully saturated rings. The van der Waals surface area contributed by atoms with E-state index in [-0.39, 0.29) is 19.0 Å². The number of aromatic nitrogens is 2. The van der Waals surface area contributed by atoms with Crippen molar-refractivity contribution in [1.82, 2.24) is 19.0 Å². The van der Waals surface area contributed by atoms with Gasteiger partial charge in [-0.05, 0) is 25.3 Å². The fourth-order valence-electron chi connectivity index (χ4n) is 2.72. The number of hydrogen-bond acceptors (Lipinski definition) is 5. The number of halogens is 1. The highest BCUT2D eigenvalue weighted by atomic mass is 35.5. The molecule has 1 saturated heterocycles. The number of nitrogens with zero attached hydrogens (tertiary/aromatic N) is 4. The van der Waals surface area contributed by atoms with Crippen LogP contribution in [0.25, 0.3) is 0 Å². The minimum atomic E-state index is -3.46. The van der Waals surface area contributed by atoms with Gasteiger partial charge in [0, 0.05) is 32.4 Å². The quantitative estimate of drug-likeness (QED) is 0.783. The van der Waals surface area contributed by atoms with Crippen LogP contribution in [-0.4, -0.2) is 59.5 Å². The lowest BCUT2D eigenvalue weighted by molar-refractivity contribution is -0.135. The smallest absolute Gasteiger partial charge is 0.252 e. The second-order valence-electron chi connectivity index (χ2n) is 5.88. The second-order valence-corrected chi connectivity index (χ2v) is 9.40. The molecule has 1 unspecified atom stereocenters. The highest BCUT2D eigenvalue weighted by molar-refractivity contribution is 7.91. The maximum atomic E-state index is 12.7. The van der Waals surface area contributed by atoms with Gasteiger partial charge in [0.1, 0.15) is 10.3 Å². The Labute approximate surface area is 155 Å². The van der Waals surface area contributed by atoms with E-state index >= 15 is 0 Å². The summed E-state index contributed by atoms with van der Waals surface area (Å²) in [6.45, 7) is 4.85. The van der Waals surface area contributed by atoms with E-state index in [1.54, 1.807) is 47.1 Å². The van der Waals surface area contributed by atoms with Gasteiger partial charge in [0.25, 0.3) is 10.0 Å². The first-order chi connectivity index (χ1) is 11.8. The molecule has 3 heterocycles. The van der Waals surface area contributed by atoms with Gasteiger partial charge in [-0.2, -0.15) is 9.40 Å². The Bertz CT molecular complexity index is 836. The van der Waals surface area contributed by atoms with E-state index < -0.39 is 16.1 Å². The molecule has 0 radical (unpaired) electrons. The maximum Gasteiger partial charge on any atom is 0.252 e. The second kappa shape index (κ2) is 7.06. The van der Waals surface area contributed by atoms with Crippen molar-refractivity contribution < 1.29 is 13.2 Å². The molecule has 7 nitrogen and oxygen atoms in total. The van der Waals surface area contributed by atoms with Gasteiger partial charge in [-0.15, -0.1) is 11.3 Å². The van der Waals surface area contributed by atoms with Gasteiger partial charge >= 0.3 is 0 Å². The molecule has 0 aliphatic carbocycles. The third-order valence-electron chi connectivity index (χ3n) is 4.25. The summed E-state index contributed by atoms with van der Waals surface area (Å²) >= 11 is 7.20. The van der Waals surface area contributed by atoms with Crippen molar-refractivity contribution in [3.05, 3.63) is 34.4 Å². The van der Waals surface area contributed by atoms with Gasteiger partial charge in [0.05, 0.1) is 10.7 Å². The summed E-state index contributed by atoms with van der Waals surface area (Å²) < 4.78 is 28.4. The number of carbonyl (C=O) groups excluding carboxylic acids is 1. The van der Waals surface area contributed by atoms with Crippen LogP contribution in [0.3, 0.4) is 0 Å². The van der Waals surface area contributed by atoms with Crippen molar-refractivity contribution in [1.29, 1.82) is 0 Å². The number of sulfonamides is 1. The molecular weight excluding hydrogens is 384 g/mol. The number of piperazine rings is 1. The summed E-state index contributed by atoms with van der Waals surface area (Å²) in [5.41, 5.74) is 0.674. The molecule has 10 heteroatoms. The average molecular weight is 403 g/mol. The summed E-state index contributed by atoms with van der Waals surface area (Å²) in [7, 11) is -3.46. The largest absolute Gasteiger partial charge is 0.338 e. The predicted molar refractivity (Wildman–Crippen MR) is 96.3 cm³/mol. The van der Waals surface area contributed by atoms with Crippen LogP contribution in [0.1, 0.15) is 18.7 Å². The van der Waals surface area contributed by atoms with Crippen LogP contribution in [0.4, 0.5) is 0 Å². The first kappa shape index (κ1) is 18.4. The van der Waals surface area contributed by atoms with E-state index in [2.05, 4.69) is 5.10 Å². The summed E-state index contributed by atoms with van der Waals surface area (Å²) in [5.74, 6) is -0.0904. The fraction of sp³-hybridized carbons (Fsp3) is 0.467. The zero-order chi connectivity index (χ0) is 18.2. The SMILES string of the molecule is Cc1nn(C(C)C(=O)N2CCN(S(=O)(=O)c3cccs3)CC2)cc1Cl. The number of amides is 1. The molecule has 0 aromatic carbocycles. The molecule has 1 amide bonds. The molecule has 25 heavy (non-hydrogen) atoms. The Balaban J connectivity index is 1.65. The number of thiophene rings is 1. The third-order valence-corrected chi connectivity index (χ3v) is 7.89. The van der Waals surface area contributed by atoms with E-state index in [0.717, 1.165) is 0 Å². The molecule has 0 spiro atoms. The minimum Gasteiger partial charge on any atom is -0.338 e. The van der Waals surface area contributed by atoms with Crippen LogP contribution in [0.2, 0.25) is 5.02 Å². The van der Waals surface area contributed by atoms with E-state index in [4.69, 9.17) is 11.6 Å². The van der Waals surface area contributed by atoms with E-state index in [1.165, 1.54) is 15.6 Å². The summed E-state index contributed by atoms with van der Waals surface area (Å²) in [6, 6.07) is 2.84. The van der Waals surface area contributed by atoms with Crippen molar-refractivity contribution >= 4 is 38.9 Å². The van der Waals surface area contributed by atoms with Crippen LogP contribution in [0.15, 0.2) is 27.9 Å². The van der Waals surface area contributed by atoms with Gasteiger partial charge in [-0.25, -0.2) is 8.42 Å². The van der Waals surface area contributed by atoms with Gasteiger partial charge in [0.15, 0.2) is 0 Å². The maximum absolute atomic E-state index is 12.7. The summed E-state index contributed by atoms with van der Waals surface area (Å²) in [6.07, 6.45) is 1.64. The van der Waals surface area contributed by atoms with Crippen molar-refractivity contribution in [3.63, 3.8) is 0 Å². The van der Waals surface area contributed by atoms with Crippen LogP contribution < -0.4 is 0 Å². The van der Waals surface area contributed by atoms with Crippen LogP contribution >= 0.6 is 22.9 Å². The molecule has 1 aliphatic rings. The van der Waals surface area contributed by atoms with E-state index in [0.29, 0.717) is 28.0 Å². The predicted octanol–water partition coefficient (Wildman–Crippen LogP) is 2.00. The normalized spacial score (nSPS) is 17.6. The van der Waals surface area contributed by atoms with Crippen molar-refractivity contribution in [2.45, 2.75) is 24.1 Å². The van der Waals surface area contributed by atoms with Crippen molar-refractivity contribution in [2.24, 2.45) is 0 Å². The standard InChI is InChI=1S/C15H19ClN4O3S2/c1-11-13(16)10-20(17-11)12(2)15(21)18-5-7-19(8-6-18)25(22,23)14-4-3-9-24-14/h3-4,9-10,12H,5-8H2,1-2H3. The van der Waals surface area contributed by atoms with Gasteiger partial charge < -0.3 is 4.90 Å². The zero-order valence-electron chi connectivity index (χ0n) is 13.9. The number of carbonyl (C=O) groups is 1. The molecular formula is C15H19ClN4O3S2. The fourth-order valence-corrected chi connectivity index (χ4v) is 5.43. The summed E-state index contributed by atoms with van der Waals surface area (Å²) in [4.78, 5) is 14.3. The summed E-state index contributed by atoms with van der Waals surface area (Å²) in [5, 5.41) is 6.51. The molecule has 0 bridgehead atoms. The lowest BCUT2D eigenvalue weighted by atomic mass is 10.2. The Hall–Kier alpha value is -1.42. The monoisotopic (exact) mass is 402 g/mol. The molecule has 3 rings (SSSR count). The topological polar surface area (TPSA) is 75.5 Å². The first-order valence-electron chi connectivity index (χ1n) is 7.84. The van der Waals surface area contributed by atoms with Crippen LogP contribution in [0.5, 0.6) is 0 Å². The molecule has 136 valence electrons. The van der Waals surface area contributed by atoms with E-state index in [1.807, 2.05) is 0 Å². The Morgan fingerprint density at radius 2 is 2.00 bits per heavy atom. The number of rotatable bonds is 4. The highest BCUT2D eigenvalue weighted by Crippen LogP contribution is 2.23. The van der Waals surface area contributed by atoms with Crippen LogP contribution in [0, 0.1) is 6.92 Å². The van der Waals surface area contributed by atoms with Gasteiger partial charge in [0.2, 0.25) is 5.91 Å². The Morgan fingerprint density at radius 3 is 2.52 bits per heavy atom. The van der Waals surface area contributed by atoms with Gasteiger partial charge in [-0.3, -0.25) is 9.48 Å². The Morgan fingerprint density at radius 1 is 1.32 bits per heavy atom. The molecule has 0 N–H and O–H groups in total. The zero-order valence-corrected chi connectivity index (χ0v) is 16.3. The molecule has 1 atom stereocenters. The molecule has 0 saturated carbocycles. The minimum absolute atomic E-state index is 0.0904. The van der Waals surface area contributed by atoms with Crippen molar-refractivity contribution in [2.75, 3.05) is 26.2 Å². The molecule has 1 aliphatic heterocycles. The molecule has 2 aromatic rings. The third kappa shape index (κ3) is 3.59. The average Bonchev–Trinajstić information content (AvgIpc) is 3.25. The van der Waals surface area contributed by atoms with Crippen LogP contribution in [-0.2, 0) is 14.8 Å². The lowest BCUT2D eigenvalue weighted by Gasteiger charge is -2.35. The number of hydrogen-bond donors (Lipinski definition) is 0. The van der Waals surface area contributed by atoms with Gasteiger partial charge in [-0.1, -0.05) is 17.7 Å². The lowest BCUT2D eigenvalue weighted by Crippen LogP contribution is -2.51. The van der Waals surface area contributed by atoms with Crippen molar-refractivity contribution in [3.8, 4) is 0 Å². The first-order valence-corrected chi connectivity index (χ1v) is 10.5. The molecule has 2 aromatic heterocycles. The number of aryl methyl sites for hydroxylation is 1. The highest BCUT2D eigenvalue weighted by Gasteiger charge is 2.32. The van der Waals surface area contributed by atoms with E-state index in [9.17, 15) is 13.2 Å².